The van der Waals surface area contributed by atoms with Crippen molar-refractivity contribution in [2.24, 2.45) is 5.92 Å². The second-order valence-corrected chi connectivity index (χ2v) is 5.92. The number of Topliss-reactive ketones (excluding diaryl/α,β-unsaturated/α-hetero) is 1. The maximum atomic E-state index is 12.0. The van der Waals surface area contributed by atoms with Crippen LogP contribution in [-0.2, 0) is 0 Å². The SMILES string of the molecule is O=C(CCC1CC1)c1csc(C#Cc2ccccc2)n1. The zero-order valence-electron chi connectivity index (χ0n) is 11.1. The molecule has 0 unspecified atom stereocenters. The molecule has 0 saturated heterocycles. The largest absolute Gasteiger partial charge is 0.292 e. The Morgan fingerprint density at radius 2 is 2.05 bits per heavy atom. The Labute approximate surface area is 122 Å². The van der Waals surface area contributed by atoms with Gasteiger partial charge in [-0.3, -0.25) is 4.79 Å². The fourth-order valence-electron chi connectivity index (χ4n) is 1.98. The number of thiazole rings is 1. The summed E-state index contributed by atoms with van der Waals surface area (Å²) in [6, 6.07) is 9.80. The van der Waals surface area contributed by atoms with Crippen molar-refractivity contribution in [2.75, 3.05) is 0 Å². The highest BCUT2D eigenvalue weighted by Crippen LogP contribution is 2.33. The van der Waals surface area contributed by atoms with Crippen molar-refractivity contribution in [1.29, 1.82) is 0 Å². The first-order valence-electron chi connectivity index (χ1n) is 6.87. The van der Waals surface area contributed by atoms with Crippen molar-refractivity contribution >= 4 is 17.1 Å². The molecule has 1 aliphatic rings. The predicted molar refractivity (Wildman–Crippen MR) is 80.8 cm³/mol. The maximum absolute atomic E-state index is 12.0. The van der Waals surface area contributed by atoms with Gasteiger partial charge < -0.3 is 0 Å². The Morgan fingerprint density at radius 1 is 1.25 bits per heavy atom. The van der Waals surface area contributed by atoms with Crippen LogP contribution in [0.3, 0.4) is 0 Å². The lowest BCUT2D eigenvalue weighted by molar-refractivity contribution is 0.0974. The van der Waals surface area contributed by atoms with Gasteiger partial charge in [0.1, 0.15) is 5.69 Å². The number of carbonyl (C=O) groups excluding carboxylic acids is 1. The first-order chi connectivity index (χ1) is 9.81. The lowest BCUT2D eigenvalue weighted by Gasteiger charge is -1.94. The van der Waals surface area contributed by atoms with E-state index in [0.717, 1.165) is 17.9 Å². The van der Waals surface area contributed by atoms with E-state index >= 15 is 0 Å². The molecule has 3 rings (SSSR count). The molecule has 0 aliphatic heterocycles. The molecule has 2 nitrogen and oxygen atoms in total. The van der Waals surface area contributed by atoms with Gasteiger partial charge in [-0.2, -0.15) is 0 Å². The van der Waals surface area contributed by atoms with Crippen molar-refractivity contribution in [3.8, 4) is 11.8 Å². The van der Waals surface area contributed by atoms with Crippen LogP contribution in [0.1, 0.15) is 46.7 Å². The second kappa shape index (κ2) is 6.02. The maximum Gasteiger partial charge on any atom is 0.182 e. The first kappa shape index (κ1) is 13.1. The molecule has 3 heteroatoms. The minimum atomic E-state index is 0.154. The third kappa shape index (κ3) is 3.55. The van der Waals surface area contributed by atoms with E-state index in [0.29, 0.717) is 17.1 Å². The van der Waals surface area contributed by atoms with Gasteiger partial charge in [-0.25, -0.2) is 4.98 Å². The van der Waals surface area contributed by atoms with E-state index < -0.39 is 0 Å². The standard InChI is InChI=1S/C17H15NOS/c19-16(10-8-14-6-7-14)15-12-20-17(18-15)11-9-13-4-2-1-3-5-13/h1-5,12,14H,6-8,10H2. The summed E-state index contributed by atoms with van der Waals surface area (Å²) in [4.78, 5) is 16.3. The van der Waals surface area contributed by atoms with Crippen molar-refractivity contribution in [1.82, 2.24) is 4.98 Å². The van der Waals surface area contributed by atoms with Gasteiger partial charge in [-0.1, -0.05) is 37.0 Å². The molecule has 1 heterocycles. The monoisotopic (exact) mass is 281 g/mol. The molecule has 2 aromatic rings. The summed E-state index contributed by atoms with van der Waals surface area (Å²) in [5.74, 6) is 7.02. The number of benzene rings is 1. The second-order valence-electron chi connectivity index (χ2n) is 5.06. The topological polar surface area (TPSA) is 30.0 Å². The van der Waals surface area contributed by atoms with E-state index in [1.54, 1.807) is 0 Å². The van der Waals surface area contributed by atoms with Gasteiger partial charge >= 0.3 is 0 Å². The average molecular weight is 281 g/mol. The van der Waals surface area contributed by atoms with E-state index in [2.05, 4.69) is 16.8 Å². The highest BCUT2D eigenvalue weighted by atomic mass is 32.1. The van der Waals surface area contributed by atoms with Gasteiger partial charge in [-0.15, -0.1) is 11.3 Å². The van der Waals surface area contributed by atoms with E-state index in [1.807, 2.05) is 35.7 Å². The van der Waals surface area contributed by atoms with Crippen LogP contribution in [-0.4, -0.2) is 10.8 Å². The molecule has 1 saturated carbocycles. The quantitative estimate of drug-likeness (QED) is 0.628. The summed E-state index contributed by atoms with van der Waals surface area (Å²) in [6.45, 7) is 0. The molecule has 20 heavy (non-hydrogen) atoms. The molecule has 100 valence electrons. The molecule has 0 radical (unpaired) electrons. The van der Waals surface area contributed by atoms with Crippen LogP contribution in [0.25, 0.3) is 0 Å². The molecule has 0 atom stereocenters. The number of nitrogens with zero attached hydrogens (tertiary/aromatic N) is 1. The van der Waals surface area contributed by atoms with Gasteiger partial charge in [0.15, 0.2) is 10.8 Å². The Bertz CT molecular complexity index is 659. The molecular formula is C17H15NOS. The number of hydrogen-bond donors (Lipinski definition) is 0. The third-order valence-corrected chi connectivity index (χ3v) is 4.11. The molecule has 1 aromatic heterocycles. The van der Waals surface area contributed by atoms with Crippen LogP contribution in [0.5, 0.6) is 0 Å². The van der Waals surface area contributed by atoms with Gasteiger partial charge in [0.25, 0.3) is 0 Å². The molecule has 0 amide bonds. The molecular weight excluding hydrogens is 266 g/mol. The zero-order valence-corrected chi connectivity index (χ0v) is 12.0. The van der Waals surface area contributed by atoms with Gasteiger partial charge in [0.2, 0.25) is 0 Å². The lowest BCUT2D eigenvalue weighted by atomic mass is 10.1. The molecule has 0 bridgehead atoms. The van der Waals surface area contributed by atoms with Crippen molar-refractivity contribution in [2.45, 2.75) is 25.7 Å². The van der Waals surface area contributed by atoms with Crippen LogP contribution in [0.4, 0.5) is 0 Å². The molecule has 0 spiro atoms. The Hall–Kier alpha value is -1.92. The fraction of sp³-hybridized carbons (Fsp3) is 0.294. The Kier molecular flexibility index (Phi) is 3.94. The number of carbonyl (C=O) groups is 1. The highest BCUT2D eigenvalue weighted by molar-refractivity contribution is 7.10. The van der Waals surface area contributed by atoms with E-state index in [1.165, 1.54) is 24.2 Å². The number of aromatic nitrogens is 1. The van der Waals surface area contributed by atoms with Crippen LogP contribution < -0.4 is 0 Å². The third-order valence-electron chi connectivity index (χ3n) is 3.35. The van der Waals surface area contributed by atoms with Gasteiger partial charge in [0, 0.05) is 17.4 Å². The minimum absolute atomic E-state index is 0.154. The number of rotatable bonds is 4. The first-order valence-corrected chi connectivity index (χ1v) is 7.75. The molecule has 1 fully saturated rings. The van der Waals surface area contributed by atoms with Gasteiger partial charge in [0.05, 0.1) is 0 Å². The summed E-state index contributed by atoms with van der Waals surface area (Å²) in [5, 5.41) is 2.54. The molecule has 1 aromatic carbocycles. The zero-order chi connectivity index (χ0) is 13.8. The smallest absolute Gasteiger partial charge is 0.182 e. The van der Waals surface area contributed by atoms with E-state index in [4.69, 9.17) is 0 Å². The predicted octanol–water partition coefficient (Wildman–Crippen LogP) is 3.92. The summed E-state index contributed by atoms with van der Waals surface area (Å²) in [7, 11) is 0. The summed E-state index contributed by atoms with van der Waals surface area (Å²) in [6.07, 6.45) is 4.22. The molecule has 0 N–H and O–H groups in total. The van der Waals surface area contributed by atoms with Crippen molar-refractivity contribution < 1.29 is 4.79 Å². The van der Waals surface area contributed by atoms with E-state index in [9.17, 15) is 4.79 Å². The summed E-state index contributed by atoms with van der Waals surface area (Å²) < 4.78 is 0. The van der Waals surface area contributed by atoms with Crippen molar-refractivity contribution in [3.63, 3.8) is 0 Å². The van der Waals surface area contributed by atoms with Crippen LogP contribution in [0.15, 0.2) is 35.7 Å². The number of hydrogen-bond acceptors (Lipinski definition) is 3. The van der Waals surface area contributed by atoms with Crippen LogP contribution >= 0.6 is 11.3 Å². The van der Waals surface area contributed by atoms with Crippen LogP contribution in [0, 0.1) is 17.8 Å². The normalized spacial score (nSPS) is 13.6. The van der Waals surface area contributed by atoms with E-state index in [-0.39, 0.29) is 5.78 Å². The number of ketones is 1. The Balaban J connectivity index is 1.64. The summed E-state index contributed by atoms with van der Waals surface area (Å²) >= 11 is 1.44. The summed E-state index contributed by atoms with van der Waals surface area (Å²) in [5.41, 5.74) is 1.54. The van der Waals surface area contributed by atoms with Crippen molar-refractivity contribution in [3.05, 3.63) is 52.0 Å². The minimum Gasteiger partial charge on any atom is -0.292 e. The van der Waals surface area contributed by atoms with Crippen LogP contribution in [0.2, 0.25) is 0 Å². The Morgan fingerprint density at radius 3 is 2.80 bits per heavy atom. The lowest BCUT2D eigenvalue weighted by Crippen LogP contribution is -1.99. The molecule has 1 aliphatic carbocycles. The average Bonchev–Trinajstić information content (AvgIpc) is 3.20. The highest BCUT2D eigenvalue weighted by Gasteiger charge is 2.22. The van der Waals surface area contributed by atoms with Gasteiger partial charge in [-0.05, 0) is 30.4 Å². The fourth-order valence-corrected chi connectivity index (χ4v) is 2.64.